The van der Waals surface area contributed by atoms with Crippen molar-refractivity contribution in [2.45, 2.75) is 45.5 Å². The zero-order valence-electron chi connectivity index (χ0n) is 22.1. The number of carbonyl (C=O) groups excluding carboxylic acids is 2. The highest BCUT2D eigenvalue weighted by Gasteiger charge is 2.47. The molecule has 1 unspecified atom stereocenters. The fraction of sp³-hybridized carbons (Fsp3) is 0.267. The van der Waals surface area contributed by atoms with Gasteiger partial charge < -0.3 is 14.6 Å². The molecule has 1 atom stereocenters. The van der Waals surface area contributed by atoms with Crippen LogP contribution in [0.5, 0.6) is 11.5 Å². The van der Waals surface area contributed by atoms with Crippen molar-refractivity contribution in [1.29, 1.82) is 0 Å². The lowest BCUT2D eigenvalue weighted by atomic mass is 9.84. The van der Waals surface area contributed by atoms with Crippen LogP contribution in [0.4, 0.5) is 18.9 Å². The molecule has 0 spiro atoms. The van der Waals surface area contributed by atoms with E-state index in [-0.39, 0.29) is 22.4 Å². The summed E-state index contributed by atoms with van der Waals surface area (Å²) in [4.78, 5) is 28.0. The number of hydrogen-bond acceptors (Lipinski definition) is 5. The van der Waals surface area contributed by atoms with Crippen LogP contribution in [0.25, 0.3) is 5.76 Å². The van der Waals surface area contributed by atoms with Gasteiger partial charge in [0.2, 0.25) is 0 Å². The van der Waals surface area contributed by atoms with E-state index in [0.717, 1.165) is 22.6 Å². The Bertz CT molecular complexity index is 1440. The van der Waals surface area contributed by atoms with Gasteiger partial charge in [-0.05, 0) is 71.5 Å². The number of aliphatic hydroxyl groups excluding tert-OH is 1. The van der Waals surface area contributed by atoms with Gasteiger partial charge in [0.1, 0.15) is 17.3 Å². The molecule has 1 N–H and O–H groups in total. The van der Waals surface area contributed by atoms with Crippen molar-refractivity contribution < 1.29 is 37.3 Å². The normalized spacial score (nSPS) is 17.4. The van der Waals surface area contributed by atoms with E-state index in [2.05, 4.69) is 4.74 Å². The van der Waals surface area contributed by atoms with Gasteiger partial charge in [0.25, 0.3) is 11.7 Å². The Morgan fingerprint density at radius 1 is 0.897 bits per heavy atom. The summed E-state index contributed by atoms with van der Waals surface area (Å²) in [6.07, 6.45) is -4.88. The number of benzene rings is 3. The number of aryl methyl sites for hydroxylation is 1. The number of alkyl halides is 3. The van der Waals surface area contributed by atoms with E-state index in [1.54, 1.807) is 37.3 Å². The van der Waals surface area contributed by atoms with Crippen LogP contribution >= 0.6 is 0 Å². The van der Waals surface area contributed by atoms with E-state index < -0.39 is 29.8 Å². The molecule has 4 rings (SSSR count). The average Bonchev–Trinajstić information content (AvgIpc) is 3.13. The Balaban J connectivity index is 1.90. The SMILES string of the molecule is COc1ccc(C2/C(=C(\O)c3cc(C(C)(C)C)ccc3C)C(=O)C(=O)N2c2ccc(OC(F)(F)F)cc2)cc1. The van der Waals surface area contributed by atoms with Crippen molar-refractivity contribution in [1.82, 2.24) is 0 Å². The Morgan fingerprint density at radius 3 is 2.03 bits per heavy atom. The average molecular weight is 540 g/mol. The first-order valence-corrected chi connectivity index (χ1v) is 12.1. The maximum atomic E-state index is 13.5. The van der Waals surface area contributed by atoms with Gasteiger partial charge in [-0.3, -0.25) is 14.5 Å². The van der Waals surface area contributed by atoms with E-state index in [0.29, 0.717) is 22.4 Å². The molecule has 1 heterocycles. The van der Waals surface area contributed by atoms with E-state index in [1.165, 1.54) is 19.2 Å². The first kappa shape index (κ1) is 27.8. The number of hydrogen-bond donors (Lipinski definition) is 1. The summed E-state index contributed by atoms with van der Waals surface area (Å²) in [7, 11) is 1.50. The lowest BCUT2D eigenvalue weighted by Crippen LogP contribution is -2.29. The lowest BCUT2D eigenvalue weighted by Gasteiger charge is -2.26. The molecule has 3 aromatic carbocycles. The van der Waals surface area contributed by atoms with Crippen LogP contribution in [0.2, 0.25) is 0 Å². The zero-order chi connectivity index (χ0) is 28.7. The van der Waals surface area contributed by atoms with Gasteiger partial charge in [0.15, 0.2) is 0 Å². The molecule has 0 aromatic heterocycles. The van der Waals surface area contributed by atoms with Crippen molar-refractivity contribution in [2.75, 3.05) is 12.0 Å². The molecule has 1 aliphatic heterocycles. The van der Waals surface area contributed by atoms with Crippen LogP contribution in [0, 0.1) is 6.92 Å². The molecular formula is C30H28F3NO5. The highest BCUT2D eigenvalue weighted by Crippen LogP contribution is 2.43. The zero-order valence-corrected chi connectivity index (χ0v) is 22.1. The summed E-state index contributed by atoms with van der Waals surface area (Å²) in [6.45, 7) is 7.84. The molecule has 1 amide bonds. The third kappa shape index (κ3) is 5.62. The summed E-state index contributed by atoms with van der Waals surface area (Å²) in [6, 6.07) is 15.8. The van der Waals surface area contributed by atoms with Crippen molar-refractivity contribution in [2.24, 2.45) is 0 Å². The maximum absolute atomic E-state index is 13.5. The minimum Gasteiger partial charge on any atom is -0.507 e. The molecular weight excluding hydrogens is 511 g/mol. The predicted molar refractivity (Wildman–Crippen MR) is 141 cm³/mol. The third-order valence-electron chi connectivity index (χ3n) is 6.58. The van der Waals surface area contributed by atoms with Gasteiger partial charge >= 0.3 is 6.36 Å². The van der Waals surface area contributed by atoms with Crippen molar-refractivity contribution >= 4 is 23.1 Å². The van der Waals surface area contributed by atoms with Crippen molar-refractivity contribution in [3.8, 4) is 11.5 Å². The van der Waals surface area contributed by atoms with Crippen LogP contribution in [0.3, 0.4) is 0 Å². The fourth-order valence-corrected chi connectivity index (χ4v) is 4.50. The predicted octanol–water partition coefficient (Wildman–Crippen LogP) is 6.83. The largest absolute Gasteiger partial charge is 0.573 e. The van der Waals surface area contributed by atoms with Gasteiger partial charge in [-0.15, -0.1) is 13.2 Å². The van der Waals surface area contributed by atoms with E-state index in [9.17, 15) is 27.9 Å². The molecule has 39 heavy (non-hydrogen) atoms. The molecule has 0 saturated carbocycles. The number of halogens is 3. The number of rotatable bonds is 5. The lowest BCUT2D eigenvalue weighted by molar-refractivity contribution is -0.274. The molecule has 1 saturated heterocycles. The van der Waals surface area contributed by atoms with Crippen molar-refractivity contribution in [3.63, 3.8) is 0 Å². The highest BCUT2D eigenvalue weighted by atomic mass is 19.4. The number of Topliss-reactive ketones (excluding diaryl/α,β-unsaturated/α-hetero) is 1. The molecule has 204 valence electrons. The number of methoxy groups -OCH3 is 1. The summed E-state index contributed by atoms with van der Waals surface area (Å²) >= 11 is 0. The van der Waals surface area contributed by atoms with Gasteiger partial charge in [0, 0.05) is 11.3 Å². The monoisotopic (exact) mass is 539 g/mol. The van der Waals surface area contributed by atoms with Crippen LogP contribution in [-0.4, -0.2) is 30.3 Å². The Morgan fingerprint density at radius 2 is 1.49 bits per heavy atom. The van der Waals surface area contributed by atoms with Crippen LogP contribution < -0.4 is 14.4 Å². The molecule has 3 aromatic rings. The Hall–Kier alpha value is -4.27. The van der Waals surface area contributed by atoms with Crippen LogP contribution in [0.1, 0.15) is 49.1 Å². The van der Waals surface area contributed by atoms with E-state index >= 15 is 0 Å². The molecule has 0 bridgehead atoms. The smallest absolute Gasteiger partial charge is 0.507 e. The number of carbonyl (C=O) groups is 2. The second-order valence-electron chi connectivity index (χ2n) is 10.3. The molecule has 0 radical (unpaired) electrons. The fourth-order valence-electron chi connectivity index (χ4n) is 4.50. The summed E-state index contributed by atoms with van der Waals surface area (Å²) in [5.41, 5.74) is 2.31. The van der Waals surface area contributed by atoms with Crippen LogP contribution in [-0.2, 0) is 15.0 Å². The van der Waals surface area contributed by atoms with Gasteiger partial charge in [-0.1, -0.05) is 45.0 Å². The standard InChI is InChI=1S/C30H28F3NO5/c1-17-6-9-19(29(2,3)4)16-23(17)26(35)24-25(18-7-12-21(38-5)13-8-18)34(28(37)27(24)36)20-10-14-22(15-11-20)39-30(31,32)33/h6-16,25,35H,1-5H3/b26-24+. The van der Waals surface area contributed by atoms with Crippen LogP contribution in [0.15, 0.2) is 72.3 Å². The van der Waals surface area contributed by atoms with E-state index in [1.807, 2.05) is 32.9 Å². The number of anilines is 1. The number of ether oxygens (including phenoxy) is 2. The number of nitrogens with zero attached hydrogens (tertiary/aromatic N) is 1. The van der Waals surface area contributed by atoms with Gasteiger partial charge in [-0.2, -0.15) is 0 Å². The molecule has 6 nitrogen and oxygen atoms in total. The van der Waals surface area contributed by atoms with E-state index in [4.69, 9.17) is 4.74 Å². The summed E-state index contributed by atoms with van der Waals surface area (Å²) in [5, 5.41) is 11.6. The molecule has 9 heteroatoms. The van der Waals surface area contributed by atoms with Gasteiger partial charge in [0.05, 0.1) is 18.7 Å². The van der Waals surface area contributed by atoms with Crippen molar-refractivity contribution in [3.05, 3.63) is 94.6 Å². The number of amides is 1. The first-order valence-electron chi connectivity index (χ1n) is 12.1. The maximum Gasteiger partial charge on any atom is 0.573 e. The number of aliphatic hydroxyl groups is 1. The second-order valence-corrected chi connectivity index (χ2v) is 10.3. The minimum absolute atomic E-state index is 0.130. The highest BCUT2D eigenvalue weighted by molar-refractivity contribution is 6.51. The molecule has 0 aliphatic carbocycles. The molecule has 1 aliphatic rings. The topological polar surface area (TPSA) is 76.1 Å². The Labute approximate surface area is 224 Å². The third-order valence-corrected chi connectivity index (χ3v) is 6.58. The quantitative estimate of drug-likeness (QED) is 0.219. The number of ketones is 1. The summed E-state index contributed by atoms with van der Waals surface area (Å²) < 4.78 is 47.2. The minimum atomic E-state index is -4.88. The Kier molecular flexibility index (Phi) is 7.21. The summed E-state index contributed by atoms with van der Waals surface area (Å²) in [5.74, 6) is -2.11. The molecule has 1 fully saturated rings. The second kappa shape index (κ2) is 10.1. The first-order chi connectivity index (χ1) is 18.2. The van der Waals surface area contributed by atoms with Gasteiger partial charge in [-0.25, -0.2) is 0 Å².